The Hall–Kier alpha value is -6.34. The van der Waals surface area contributed by atoms with Crippen LogP contribution in [0.2, 0.25) is 0 Å². The van der Waals surface area contributed by atoms with Gasteiger partial charge < -0.3 is 9.97 Å². The highest BCUT2D eigenvalue weighted by Gasteiger charge is 2.23. The van der Waals surface area contributed by atoms with Gasteiger partial charge in [0.05, 0.1) is 34.0 Å². The van der Waals surface area contributed by atoms with Crippen molar-refractivity contribution in [1.82, 2.24) is 19.9 Å². The summed E-state index contributed by atoms with van der Waals surface area (Å²) >= 11 is 0. The second-order valence-corrected chi connectivity index (χ2v) is 11.4. The van der Waals surface area contributed by atoms with Crippen LogP contribution < -0.4 is 4.90 Å². The first-order chi connectivity index (χ1) is 23.0. The smallest absolute Gasteiger partial charge is 0.228 e. The van der Waals surface area contributed by atoms with E-state index in [0.29, 0.717) is 22.6 Å². The van der Waals surface area contributed by atoms with Crippen LogP contribution in [0.25, 0.3) is 68.6 Å². The van der Waals surface area contributed by atoms with Gasteiger partial charge >= 0.3 is 0 Å². The van der Waals surface area contributed by atoms with Crippen molar-refractivity contribution in [2.45, 2.75) is 6.92 Å². The fourth-order valence-electron chi connectivity index (χ4n) is 6.24. The number of hydrogen-bond donors (Lipinski definition) is 2. The van der Waals surface area contributed by atoms with Gasteiger partial charge in [-0.15, -0.1) is 0 Å². The molecule has 0 spiro atoms. The maximum Gasteiger partial charge on any atom is 0.228 e. The Kier molecular flexibility index (Phi) is 6.91. The van der Waals surface area contributed by atoms with Crippen molar-refractivity contribution in [2.75, 3.05) is 4.90 Å². The van der Waals surface area contributed by atoms with Gasteiger partial charge in [-0.2, -0.15) is 0 Å². The highest BCUT2D eigenvalue weighted by atomic mass is 19.1. The summed E-state index contributed by atoms with van der Waals surface area (Å²) in [6, 6.07) is 36.2. The van der Waals surface area contributed by atoms with E-state index in [1.807, 2.05) is 91.0 Å². The zero-order valence-electron chi connectivity index (χ0n) is 25.4. The molecule has 8 bridgehead atoms. The summed E-state index contributed by atoms with van der Waals surface area (Å²) in [6.07, 6.45) is 7.93. The number of carbonyl (C=O) groups is 1. The molecule has 7 heteroatoms. The van der Waals surface area contributed by atoms with Crippen molar-refractivity contribution in [2.24, 2.45) is 0 Å². The molecule has 5 heterocycles. The van der Waals surface area contributed by atoms with E-state index in [1.54, 1.807) is 17.0 Å². The van der Waals surface area contributed by atoms with Crippen LogP contribution in [0.5, 0.6) is 0 Å². The predicted molar refractivity (Wildman–Crippen MR) is 189 cm³/mol. The fraction of sp³-hybridized carbons (Fsp3) is 0.0250. The fourth-order valence-corrected chi connectivity index (χ4v) is 6.24. The molecular formula is C40H28FN5O. The Morgan fingerprint density at radius 1 is 0.617 bits per heavy atom. The van der Waals surface area contributed by atoms with Crippen LogP contribution in [0, 0.1) is 5.82 Å². The summed E-state index contributed by atoms with van der Waals surface area (Å²) in [5, 5.41) is 0. The molecule has 8 rings (SSSR count). The lowest BCUT2D eigenvalue weighted by Crippen LogP contribution is -2.23. The van der Waals surface area contributed by atoms with E-state index < -0.39 is 0 Å². The molecule has 226 valence electrons. The van der Waals surface area contributed by atoms with Gasteiger partial charge in [0.2, 0.25) is 5.91 Å². The summed E-state index contributed by atoms with van der Waals surface area (Å²) in [6.45, 7) is 1.50. The molecule has 3 aromatic carbocycles. The SMILES string of the molecule is CC(=O)N(c1ccc(F)cc1)c1c2nc(c(-c3ccccc3)c3ccc(cc4nc(c(-c5ccccc5)c5ccc1[nH]5)C=C4)[nH]3)C=C2. The van der Waals surface area contributed by atoms with Crippen LogP contribution in [0.3, 0.4) is 0 Å². The summed E-state index contributed by atoms with van der Waals surface area (Å²) in [7, 11) is 0. The molecule has 0 atom stereocenters. The molecule has 6 aromatic rings. The summed E-state index contributed by atoms with van der Waals surface area (Å²) < 4.78 is 14.1. The number of halogens is 1. The van der Waals surface area contributed by atoms with Crippen LogP contribution in [0.15, 0.2) is 115 Å². The molecule has 2 aliphatic rings. The van der Waals surface area contributed by atoms with E-state index in [-0.39, 0.29) is 11.7 Å². The number of anilines is 2. The molecule has 0 unspecified atom stereocenters. The highest BCUT2D eigenvalue weighted by Crippen LogP contribution is 2.38. The van der Waals surface area contributed by atoms with E-state index in [0.717, 1.165) is 55.9 Å². The minimum Gasteiger partial charge on any atom is -0.355 e. The first-order valence-electron chi connectivity index (χ1n) is 15.3. The van der Waals surface area contributed by atoms with Crippen molar-refractivity contribution >= 4 is 63.7 Å². The number of nitrogens with one attached hydrogen (secondary N) is 2. The average Bonchev–Trinajstić information content (AvgIpc) is 3.92. The predicted octanol–water partition coefficient (Wildman–Crippen LogP) is 9.81. The third kappa shape index (κ3) is 5.23. The molecule has 0 saturated carbocycles. The van der Waals surface area contributed by atoms with Gasteiger partial charge in [-0.3, -0.25) is 9.69 Å². The molecule has 0 aliphatic carbocycles. The number of hydrogen-bond acceptors (Lipinski definition) is 3. The molecular weight excluding hydrogens is 585 g/mol. The van der Waals surface area contributed by atoms with E-state index >= 15 is 0 Å². The molecule has 2 aliphatic heterocycles. The van der Waals surface area contributed by atoms with E-state index in [4.69, 9.17) is 9.97 Å². The molecule has 1 amide bonds. The zero-order valence-corrected chi connectivity index (χ0v) is 25.4. The maximum atomic E-state index is 14.1. The van der Waals surface area contributed by atoms with Crippen molar-refractivity contribution in [1.29, 1.82) is 0 Å². The van der Waals surface area contributed by atoms with Gasteiger partial charge in [-0.05, 0) is 90.0 Å². The van der Waals surface area contributed by atoms with Crippen LogP contribution in [-0.2, 0) is 4.79 Å². The Bertz CT molecular complexity index is 2350. The minimum atomic E-state index is -0.385. The largest absolute Gasteiger partial charge is 0.355 e. The number of amides is 1. The lowest BCUT2D eigenvalue weighted by molar-refractivity contribution is -0.115. The van der Waals surface area contributed by atoms with Gasteiger partial charge in [-0.1, -0.05) is 60.7 Å². The van der Waals surface area contributed by atoms with Crippen LogP contribution in [0.1, 0.15) is 29.7 Å². The van der Waals surface area contributed by atoms with Crippen molar-refractivity contribution in [3.05, 3.63) is 144 Å². The third-order valence-electron chi connectivity index (χ3n) is 8.30. The minimum absolute atomic E-state index is 0.242. The van der Waals surface area contributed by atoms with Gasteiger partial charge in [0, 0.05) is 40.3 Å². The summed E-state index contributed by atoms with van der Waals surface area (Å²) in [5.74, 6) is -0.627. The lowest BCUT2D eigenvalue weighted by atomic mass is 10.0. The molecule has 0 fully saturated rings. The standard InChI is InChI=1S/C40H28FN5O/c1-25(47)46(31-16-12-28(41)13-17-31)40-36-22-20-34(44-36)38(26-8-4-2-5-9-26)32-18-14-29(42-32)24-30-15-19-33(43-30)39(27-10-6-3-7-11-27)35-21-23-37(40)45-35/h2-24,42,45H,1H3. The van der Waals surface area contributed by atoms with Crippen molar-refractivity contribution in [3.8, 4) is 22.3 Å². The van der Waals surface area contributed by atoms with Gasteiger partial charge in [0.25, 0.3) is 0 Å². The van der Waals surface area contributed by atoms with E-state index in [9.17, 15) is 9.18 Å². The van der Waals surface area contributed by atoms with E-state index in [2.05, 4.69) is 34.2 Å². The van der Waals surface area contributed by atoms with Gasteiger partial charge in [-0.25, -0.2) is 14.4 Å². The van der Waals surface area contributed by atoms with Gasteiger partial charge in [0.15, 0.2) is 0 Å². The molecule has 0 saturated heterocycles. The van der Waals surface area contributed by atoms with Crippen LogP contribution >= 0.6 is 0 Å². The molecule has 6 nitrogen and oxygen atoms in total. The second-order valence-electron chi connectivity index (χ2n) is 11.4. The first kappa shape index (κ1) is 28.2. The summed E-state index contributed by atoms with van der Waals surface area (Å²) in [4.78, 5) is 32.5. The number of carbonyl (C=O) groups excluding carboxylic acids is 1. The third-order valence-corrected chi connectivity index (χ3v) is 8.30. The second kappa shape index (κ2) is 11.5. The normalized spacial score (nSPS) is 12.0. The molecule has 3 aromatic heterocycles. The van der Waals surface area contributed by atoms with Crippen molar-refractivity contribution < 1.29 is 9.18 Å². The summed E-state index contributed by atoms with van der Waals surface area (Å²) in [5.41, 5.74) is 11.2. The number of aromatic nitrogens is 4. The monoisotopic (exact) mass is 613 g/mol. The zero-order chi connectivity index (χ0) is 31.9. The first-order valence-corrected chi connectivity index (χ1v) is 15.3. The lowest BCUT2D eigenvalue weighted by Gasteiger charge is -2.22. The van der Waals surface area contributed by atoms with Gasteiger partial charge in [0.1, 0.15) is 5.82 Å². The topological polar surface area (TPSA) is 77.7 Å². The average molecular weight is 614 g/mol. The van der Waals surface area contributed by atoms with Crippen LogP contribution in [0.4, 0.5) is 15.8 Å². The Morgan fingerprint density at radius 2 is 1.19 bits per heavy atom. The maximum absolute atomic E-state index is 14.1. The number of rotatable bonds is 4. The number of nitrogens with zero attached hydrogens (tertiary/aromatic N) is 3. The van der Waals surface area contributed by atoms with Crippen molar-refractivity contribution in [3.63, 3.8) is 0 Å². The number of H-pyrrole nitrogens is 2. The molecule has 47 heavy (non-hydrogen) atoms. The number of benzene rings is 3. The Labute approximate surface area is 270 Å². The number of aromatic amines is 2. The Morgan fingerprint density at radius 3 is 1.87 bits per heavy atom. The number of fused-ring (bicyclic) bond motifs is 8. The molecule has 0 radical (unpaired) electrons. The molecule has 2 N–H and O–H groups in total. The highest BCUT2D eigenvalue weighted by molar-refractivity contribution is 6.06. The van der Waals surface area contributed by atoms with Crippen LogP contribution in [-0.4, -0.2) is 25.8 Å². The quantitative estimate of drug-likeness (QED) is 0.207. The Balaban J connectivity index is 1.54. The van der Waals surface area contributed by atoms with E-state index in [1.165, 1.54) is 19.1 Å².